The highest BCUT2D eigenvalue weighted by Crippen LogP contribution is 2.63. The van der Waals surface area contributed by atoms with Gasteiger partial charge in [0.2, 0.25) is 0 Å². The van der Waals surface area contributed by atoms with Gasteiger partial charge in [-0.05, 0) is 57.4 Å². The van der Waals surface area contributed by atoms with Gasteiger partial charge in [-0.15, -0.1) is 0 Å². The quantitative estimate of drug-likeness (QED) is 0.878. The maximum Gasteiger partial charge on any atom is 0.137 e. The molecule has 15 heavy (non-hydrogen) atoms. The molecular formula is C12H15BrFN. The van der Waals surface area contributed by atoms with Gasteiger partial charge in [-0.1, -0.05) is 19.9 Å². The molecule has 0 heterocycles. The molecule has 2 atom stereocenters. The van der Waals surface area contributed by atoms with E-state index in [0.29, 0.717) is 22.9 Å². The molecule has 1 saturated carbocycles. The number of benzene rings is 1. The van der Waals surface area contributed by atoms with E-state index in [2.05, 4.69) is 29.8 Å². The lowest BCUT2D eigenvalue weighted by molar-refractivity contribution is 0.558. The normalized spacial score (nSPS) is 27.8. The van der Waals surface area contributed by atoms with Gasteiger partial charge in [0.15, 0.2) is 0 Å². The fourth-order valence-corrected chi connectivity index (χ4v) is 2.80. The lowest BCUT2D eigenvalue weighted by Crippen LogP contribution is -2.05. The van der Waals surface area contributed by atoms with Gasteiger partial charge in [0.1, 0.15) is 5.82 Å². The second-order valence-electron chi connectivity index (χ2n) is 4.81. The molecule has 0 amide bonds. The van der Waals surface area contributed by atoms with Crippen LogP contribution in [0.5, 0.6) is 0 Å². The van der Waals surface area contributed by atoms with Crippen molar-refractivity contribution in [1.29, 1.82) is 0 Å². The molecule has 2 N–H and O–H groups in total. The lowest BCUT2D eigenvalue weighted by Gasteiger charge is -2.04. The molecule has 0 saturated heterocycles. The van der Waals surface area contributed by atoms with E-state index in [-0.39, 0.29) is 11.2 Å². The summed E-state index contributed by atoms with van der Waals surface area (Å²) >= 11 is 3.16. The number of hydrogen-bond donors (Lipinski definition) is 1. The summed E-state index contributed by atoms with van der Waals surface area (Å²) in [5, 5.41) is 0. The van der Waals surface area contributed by atoms with E-state index in [4.69, 9.17) is 5.73 Å². The molecule has 0 bridgehead atoms. The average Bonchev–Trinajstić information content (AvgIpc) is 2.73. The molecule has 1 aliphatic rings. The van der Waals surface area contributed by atoms with E-state index in [1.54, 1.807) is 12.1 Å². The Morgan fingerprint density at radius 3 is 2.60 bits per heavy atom. The van der Waals surface area contributed by atoms with Crippen LogP contribution in [0.4, 0.5) is 4.39 Å². The van der Waals surface area contributed by atoms with E-state index in [9.17, 15) is 4.39 Å². The van der Waals surface area contributed by atoms with Gasteiger partial charge in [0.25, 0.3) is 0 Å². The standard InChI is InChI=1S/C12H15BrFN/c1-12(2)8(6-15)11(12)7-3-4-9(13)10(14)5-7/h3-5,8,11H,6,15H2,1-2H3. The fourth-order valence-electron chi connectivity index (χ4n) is 2.55. The predicted octanol–water partition coefficient (Wildman–Crippen LogP) is 3.29. The van der Waals surface area contributed by atoms with Crippen molar-refractivity contribution >= 4 is 15.9 Å². The number of nitrogens with two attached hydrogens (primary N) is 1. The van der Waals surface area contributed by atoms with Crippen molar-refractivity contribution in [3.8, 4) is 0 Å². The first-order chi connectivity index (χ1) is 6.98. The van der Waals surface area contributed by atoms with Crippen molar-refractivity contribution in [3.63, 3.8) is 0 Å². The van der Waals surface area contributed by atoms with Gasteiger partial charge in [-0.3, -0.25) is 0 Å². The van der Waals surface area contributed by atoms with Crippen LogP contribution in [-0.2, 0) is 0 Å². The minimum atomic E-state index is -0.189. The second-order valence-corrected chi connectivity index (χ2v) is 5.67. The van der Waals surface area contributed by atoms with E-state index >= 15 is 0 Å². The van der Waals surface area contributed by atoms with Crippen molar-refractivity contribution < 1.29 is 4.39 Å². The smallest absolute Gasteiger partial charge is 0.137 e. The van der Waals surface area contributed by atoms with E-state index in [0.717, 1.165) is 5.56 Å². The monoisotopic (exact) mass is 271 g/mol. The summed E-state index contributed by atoms with van der Waals surface area (Å²) in [6.07, 6.45) is 0. The summed E-state index contributed by atoms with van der Waals surface area (Å²) < 4.78 is 13.9. The van der Waals surface area contributed by atoms with Crippen LogP contribution in [0.2, 0.25) is 0 Å². The third-order valence-electron chi connectivity index (χ3n) is 3.61. The van der Waals surface area contributed by atoms with E-state index in [1.165, 1.54) is 0 Å². The van der Waals surface area contributed by atoms with Crippen LogP contribution in [0.25, 0.3) is 0 Å². The van der Waals surface area contributed by atoms with Gasteiger partial charge >= 0.3 is 0 Å². The van der Waals surface area contributed by atoms with Gasteiger partial charge in [-0.25, -0.2) is 4.39 Å². The molecule has 0 aromatic heterocycles. The molecule has 82 valence electrons. The third kappa shape index (κ3) is 1.72. The zero-order valence-electron chi connectivity index (χ0n) is 8.93. The molecule has 1 aromatic rings. The Hall–Kier alpha value is -0.410. The number of rotatable bonds is 2. The first-order valence-electron chi connectivity index (χ1n) is 5.13. The Bertz CT molecular complexity index is 389. The Balaban J connectivity index is 2.29. The zero-order valence-corrected chi connectivity index (χ0v) is 10.5. The van der Waals surface area contributed by atoms with Gasteiger partial charge < -0.3 is 5.73 Å². The molecule has 2 unspecified atom stereocenters. The SMILES string of the molecule is CC1(C)C(CN)C1c1ccc(Br)c(F)c1. The first kappa shape index (κ1) is 11.1. The van der Waals surface area contributed by atoms with E-state index in [1.807, 2.05) is 6.07 Å². The van der Waals surface area contributed by atoms with Crippen LogP contribution < -0.4 is 5.73 Å². The minimum Gasteiger partial charge on any atom is -0.330 e. The summed E-state index contributed by atoms with van der Waals surface area (Å²) in [4.78, 5) is 0. The topological polar surface area (TPSA) is 26.0 Å². The van der Waals surface area contributed by atoms with Crippen molar-refractivity contribution in [2.24, 2.45) is 17.1 Å². The van der Waals surface area contributed by atoms with Crippen LogP contribution in [0.15, 0.2) is 22.7 Å². The Morgan fingerprint density at radius 1 is 1.47 bits per heavy atom. The predicted molar refractivity (Wildman–Crippen MR) is 63.2 cm³/mol. The molecule has 1 nitrogen and oxygen atoms in total. The van der Waals surface area contributed by atoms with Gasteiger partial charge in [0.05, 0.1) is 4.47 Å². The molecule has 1 fully saturated rings. The Labute approximate surface area is 98.0 Å². The van der Waals surface area contributed by atoms with Crippen molar-refractivity contribution in [2.45, 2.75) is 19.8 Å². The number of halogens is 2. The summed E-state index contributed by atoms with van der Waals surface area (Å²) in [6.45, 7) is 5.06. The highest BCUT2D eigenvalue weighted by Gasteiger charge is 2.57. The van der Waals surface area contributed by atoms with Gasteiger partial charge in [0, 0.05) is 0 Å². The van der Waals surface area contributed by atoms with Crippen LogP contribution >= 0.6 is 15.9 Å². The molecule has 0 radical (unpaired) electrons. The zero-order chi connectivity index (χ0) is 11.2. The average molecular weight is 272 g/mol. The number of hydrogen-bond acceptors (Lipinski definition) is 1. The summed E-state index contributed by atoms with van der Waals surface area (Å²) in [5.41, 5.74) is 6.99. The maximum absolute atomic E-state index is 13.4. The lowest BCUT2D eigenvalue weighted by atomic mass is 10.0. The molecular weight excluding hydrogens is 257 g/mol. The van der Waals surface area contributed by atoms with Crippen LogP contribution in [0.3, 0.4) is 0 Å². The second kappa shape index (κ2) is 3.56. The molecule has 1 aromatic carbocycles. The summed E-state index contributed by atoms with van der Waals surface area (Å²) in [6, 6.07) is 5.37. The van der Waals surface area contributed by atoms with Gasteiger partial charge in [-0.2, -0.15) is 0 Å². The Morgan fingerprint density at radius 2 is 2.13 bits per heavy atom. The van der Waals surface area contributed by atoms with E-state index < -0.39 is 0 Å². The highest BCUT2D eigenvalue weighted by atomic mass is 79.9. The highest BCUT2D eigenvalue weighted by molar-refractivity contribution is 9.10. The minimum absolute atomic E-state index is 0.189. The van der Waals surface area contributed by atoms with Crippen molar-refractivity contribution in [2.75, 3.05) is 6.54 Å². The molecule has 0 aliphatic heterocycles. The molecule has 1 aliphatic carbocycles. The fraction of sp³-hybridized carbons (Fsp3) is 0.500. The summed E-state index contributed by atoms with van der Waals surface area (Å²) in [5.74, 6) is 0.703. The summed E-state index contributed by atoms with van der Waals surface area (Å²) in [7, 11) is 0. The van der Waals surface area contributed by atoms with Crippen molar-refractivity contribution in [1.82, 2.24) is 0 Å². The molecule has 2 rings (SSSR count). The van der Waals surface area contributed by atoms with Crippen LogP contribution in [0, 0.1) is 17.2 Å². The largest absolute Gasteiger partial charge is 0.330 e. The van der Waals surface area contributed by atoms with Crippen LogP contribution in [-0.4, -0.2) is 6.54 Å². The maximum atomic E-state index is 13.4. The third-order valence-corrected chi connectivity index (χ3v) is 4.25. The Kier molecular flexibility index (Phi) is 2.63. The molecule has 3 heteroatoms. The first-order valence-corrected chi connectivity index (χ1v) is 5.92. The van der Waals surface area contributed by atoms with Crippen LogP contribution in [0.1, 0.15) is 25.3 Å². The van der Waals surface area contributed by atoms with Crippen molar-refractivity contribution in [3.05, 3.63) is 34.1 Å². The molecule has 0 spiro atoms.